The fourth-order valence-electron chi connectivity index (χ4n) is 3.07. The van der Waals surface area contributed by atoms with Gasteiger partial charge in [-0.15, -0.1) is 0 Å². The van der Waals surface area contributed by atoms with Gasteiger partial charge in [-0.1, -0.05) is 18.2 Å². The van der Waals surface area contributed by atoms with E-state index in [1.807, 2.05) is 0 Å². The molecule has 4 rings (SSSR count). The highest BCUT2D eigenvalue weighted by Gasteiger charge is 2.13. The Hall–Kier alpha value is -4.15. The van der Waals surface area contributed by atoms with Crippen LogP contribution in [-0.4, -0.2) is 41.6 Å². The van der Waals surface area contributed by atoms with Gasteiger partial charge in [0, 0.05) is 25.2 Å². The van der Waals surface area contributed by atoms with Crippen molar-refractivity contribution in [3.05, 3.63) is 86.7 Å². The number of nitrogens with zero attached hydrogens (tertiary/aromatic N) is 6. The largest absolute Gasteiger partial charge is 0.349 e. The molecule has 1 aromatic carbocycles. The van der Waals surface area contributed by atoms with Gasteiger partial charge in [-0.05, 0) is 12.1 Å². The van der Waals surface area contributed by atoms with E-state index >= 15 is 0 Å². The summed E-state index contributed by atoms with van der Waals surface area (Å²) in [7, 11) is 1.46. The Labute approximate surface area is 174 Å². The third kappa shape index (κ3) is 4.10. The minimum absolute atomic E-state index is 0.0578. The molecule has 158 valence electrons. The van der Waals surface area contributed by atoms with Crippen molar-refractivity contribution in [2.75, 3.05) is 6.54 Å². The summed E-state index contributed by atoms with van der Waals surface area (Å²) >= 11 is 0. The fraction of sp³-hybridized carbons (Fsp3) is 0.200. The van der Waals surface area contributed by atoms with Gasteiger partial charge >= 0.3 is 0 Å². The molecule has 0 unspecified atom stereocenters. The number of fused-ring (bicyclic) bond motifs is 1. The minimum Gasteiger partial charge on any atom is -0.349 e. The second-order valence-electron chi connectivity index (χ2n) is 6.81. The SMILES string of the molecule is Cn1nc(C(=O)NCCn2ncc3c(=O)n(Cc4ccccc4F)cnc32)ccc1=O. The summed E-state index contributed by atoms with van der Waals surface area (Å²) in [6, 6.07) is 8.84. The molecule has 3 aromatic heterocycles. The molecule has 0 aliphatic rings. The number of amides is 1. The molecule has 11 heteroatoms. The molecule has 0 radical (unpaired) electrons. The molecule has 0 atom stereocenters. The monoisotopic (exact) mass is 423 g/mol. The van der Waals surface area contributed by atoms with Gasteiger partial charge in [0.1, 0.15) is 23.2 Å². The van der Waals surface area contributed by atoms with Crippen LogP contribution >= 0.6 is 0 Å². The lowest BCUT2D eigenvalue weighted by atomic mass is 10.2. The number of aryl methyl sites for hydroxylation is 1. The number of hydrogen-bond donors (Lipinski definition) is 1. The van der Waals surface area contributed by atoms with Gasteiger partial charge in [0.25, 0.3) is 17.0 Å². The highest BCUT2D eigenvalue weighted by atomic mass is 19.1. The van der Waals surface area contributed by atoms with Crippen LogP contribution in [0.15, 0.2) is 58.5 Å². The number of hydrogen-bond acceptors (Lipinski definition) is 6. The van der Waals surface area contributed by atoms with Crippen LogP contribution in [0.2, 0.25) is 0 Å². The van der Waals surface area contributed by atoms with Crippen LogP contribution in [0.3, 0.4) is 0 Å². The van der Waals surface area contributed by atoms with Gasteiger partial charge in [0.05, 0.1) is 19.3 Å². The first kappa shape index (κ1) is 20.1. The molecule has 31 heavy (non-hydrogen) atoms. The van der Waals surface area contributed by atoms with E-state index < -0.39 is 11.7 Å². The predicted octanol–water partition coefficient (Wildman–Crippen LogP) is 0.304. The number of aromatic nitrogens is 6. The zero-order valence-electron chi connectivity index (χ0n) is 16.5. The van der Waals surface area contributed by atoms with Crippen LogP contribution in [0.25, 0.3) is 11.0 Å². The van der Waals surface area contributed by atoms with Gasteiger partial charge in [0.15, 0.2) is 5.65 Å². The van der Waals surface area contributed by atoms with Crippen LogP contribution < -0.4 is 16.4 Å². The summed E-state index contributed by atoms with van der Waals surface area (Å²) in [4.78, 5) is 40.6. The zero-order chi connectivity index (χ0) is 22.0. The molecule has 0 fully saturated rings. The van der Waals surface area contributed by atoms with Crippen molar-refractivity contribution in [2.24, 2.45) is 7.05 Å². The molecular formula is C20H18FN7O3. The molecule has 0 spiro atoms. The Kier molecular flexibility index (Phi) is 5.39. The number of rotatable bonds is 6. The van der Waals surface area contributed by atoms with Crippen molar-refractivity contribution in [1.82, 2.24) is 34.4 Å². The number of halogens is 1. The molecule has 0 bridgehead atoms. The van der Waals surface area contributed by atoms with Crippen LogP contribution in [-0.2, 0) is 20.1 Å². The Morgan fingerprint density at radius 2 is 1.97 bits per heavy atom. The Morgan fingerprint density at radius 3 is 2.74 bits per heavy atom. The topological polar surface area (TPSA) is 117 Å². The standard InChI is InChI=1S/C20H18FN7O3/c1-26-17(29)7-6-16(25-26)19(30)22-8-9-28-18-14(10-24-28)20(31)27(12-23-18)11-13-4-2-3-5-15(13)21/h2-7,10,12H,8-9,11H2,1H3,(H,22,30). The van der Waals surface area contributed by atoms with E-state index in [0.717, 1.165) is 4.68 Å². The summed E-state index contributed by atoms with van der Waals surface area (Å²) in [6.45, 7) is 0.535. The first-order valence-corrected chi connectivity index (χ1v) is 9.41. The summed E-state index contributed by atoms with van der Waals surface area (Å²) in [5.41, 5.74) is 0.211. The summed E-state index contributed by atoms with van der Waals surface area (Å²) in [5.74, 6) is -0.832. The molecule has 1 N–H and O–H groups in total. The molecule has 0 saturated heterocycles. The maximum Gasteiger partial charge on any atom is 0.271 e. The van der Waals surface area contributed by atoms with Crippen molar-refractivity contribution in [3.63, 3.8) is 0 Å². The average molecular weight is 423 g/mol. The first-order valence-electron chi connectivity index (χ1n) is 9.41. The van der Waals surface area contributed by atoms with Gasteiger partial charge in [-0.25, -0.2) is 18.7 Å². The molecule has 0 aliphatic carbocycles. The van der Waals surface area contributed by atoms with Crippen molar-refractivity contribution < 1.29 is 9.18 Å². The number of carbonyl (C=O) groups is 1. The third-order valence-electron chi connectivity index (χ3n) is 4.72. The minimum atomic E-state index is -0.438. The lowest BCUT2D eigenvalue weighted by Gasteiger charge is -2.08. The Bertz CT molecular complexity index is 1390. The van der Waals surface area contributed by atoms with Crippen LogP contribution in [0, 0.1) is 5.82 Å². The van der Waals surface area contributed by atoms with Gasteiger partial charge < -0.3 is 5.32 Å². The molecule has 1 amide bonds. The van der Waals surface area contributed by atoms with Crippen molar-refractivity contribution >= 4 is 16.9 Å². The normalized spacial score (nSPS) is 11.0. The van der Waals surface area contributed by atoms with Crippen molar-refractivity contribution in [2.45, 2.75) is 13.1 Å². The van der Waals surface area contributed by atoms with Crippen LogP contribution in [0.1, 0.15) is 16.1 Å². The van der Waals surface area contributed by atoms with E-state index in [1.54, 1.807) is 18.2 Å². The first-order chi connectivity index (χ1) is 14.9. The quantitative estimate of drug-likeness (QED) is 0.477. The van der Waals surface area contributed by atoms with Crippen LogP contribution in [0.5, 0.6) is 0 Å². The van der Waals surface area contributed by atoms with E-state index in [1.165, 1.54) is 47.0 Å². The zero-order valence-corrected chi connectivity index (χ0v) is 16.5. The van der Waals surface area contributed by atoms with Crippen molar-refractivity contribution in [3.8, 4) is 0 Å². The van der Waals surface area contributed by atoms with E-state index in [4.69, 9.17) is 0 Å². The van der Waals surface area contributed by atoms with Gasteiger partial charge in [-0.2, -0.15) is 10.2 Å². The molecule has 3 heterocycles. The van der Waals surface area contributed by atoms with Crippen molar-refractivity contribution in [1.29, 1.82) is 0 Å². The summed E-state index contributed by atoms with van der Waals surface area (Å²) in [5, 5.41) is 11.0. The molecular weight excluding hydrogens is 405 g/mol. The van der Waals surface area contributed by atoms with Gasteiger partial charge in [0.2, 0.25) is 0 Å². The Morgan fingerprint density at radius 1 is 1.16 bits per heavy atom. The lowest BCUT2D eigenvalue weighted by molar-refractivity contribution is 0.0944. The molecule has 0 aliphatic heterocycles. The Balaban J connectivity index is 1.47. The molecule has 0 saturated carbocycles. The second-order valence-corrected chi connectivity index (χ2v) is 6.81. The van der Waals surface area contributed by atoms with E-state index in [-0.39, 0.29) is 36.4 Å². The number of benzene rings is 1. The molecule has 10 nitrogen and oxygen atoms in total. The fourth-order valence-corrected chi connectivity index (χ4v) is 3.07. The maximum absolute atomic E-state index is 13.9. The van der Waals surface area contributed by atoms with E-state index in [2.05, 4.69) is 20.5 Å². The second kappa shape index (κ2) is 8.30. The maximum atomic E-state index is 13.9. The average Bonchev–Trinajstić information content (AvgIpc) is 3.17. The lowest BCUT2D eigenvalue weighted by Crippen LogP contribution is -2.30. The van der Waals surface area contributed by atoms with Crippen LogP contribution in [0.4, 0.5) is 4.39 Å². The highest BCUT2D eigenvalue weighted by molar-refractivity contribution is 5.91. The van der Waals surface area contributed by atoms with Gasteiger partial charge in [-0.3, -0.25) is 19.0 Å². The third-order valence-corrected chi connectivity index (χ3v) is 4.72. The molecule has 4 aromatic rings. The smallest absolute Gasteiger partial charge is 0.271 e. The number of carbonyl (C=O) groups excluding carboxylic acids is 1. The van der Waals surface area contributed by atoms with E-state index in [0.29, 0.717) is 16.6 Å². The highest BCUT2D eigenvalue weighted by Crippen LogP contribution is 2.09. The summed E-state index contributed by atoms with van der Waals surface area (Å²) < 4.78 is 17.8. The summed E-state index contributed by atoms with van der Waals surface area (Å²) in [6.07, 6.45) is 2.75. The van der Waals surface area contributed by atoms with E-state index in [9.17, 15) is 18.8 Å². The predicted molar refractivity (Wildman–Crippen MR) is 109 cm³/mol. The number of nitrogens with one attached hydrogen (secondary N) is 1.